The number of fused-ring (bicyclic) bond motifs is 2. The van der Waals surface area contributed by atoms with Gasteiger partial charge in [0, 0.05) is 25.6 Å². The fourth-order valence-corrected chi connectivity index (χ4v) is 6.13. The molecule has 1 saturated heterocycles. The Balaban J connectivity index is 1.56. The summed E-state index contributed by atoms with van der Waals surface area (Å²) in [5.74, 6) is -0.737. The van der Waals surface area contributed by atoms with Crippen molar-refractivity contribution >= 4 is 34.4 Å². The fraction of sp³-hybridized carbons (Fsp3) is 0.310. The minimum atomic E-state index is -0.748. The molecule has 1 atom stereocenters. The predicted molar refractivity (Wildman–Crippen MR) is 153 cm³/mol. The van der Waals surface area contributed by atoms with Crippen molar-refractivity contribution in [1.29, 1.82) is 0 Å². The first-order valence-corrected chi connectivity index (χ1v) is 13.9. The number of phenols is 1. The third kappa shape index (κ3) is 4.00. The van der Waals surface area contributed by atoms with Gasteiger partial charge in [-0.1, -0.05) is 24.2 Å². The van der Waals surface area contributed by atoms with Crippen molar-refractivity contribution in [2.75, 3.05) is 31.1 Å². The van der Waals surface area contributed by atoms with Crippen LogP contribution in [0.4, 0.5) is 10.2 Å². The molecule has 1 saturated carbocycles. The van der Waals surface area contributed by atoms with E-state index in [0.717, 1.165) is 12.8 Å². The third-order valence-corrected chi connectivity index (χ3v) is 8.37. The molecule has 1 amide bonds. The molecule has 0 unspecified atom stereocenters. The minimum Gasteiger partial charge on any atom is -0.507 e. The number of amides is 1. The lowest BCUT2D eigenvalue weighted by molar-refractivity contribution is -0.126. The topological polar surface area (TPSA) is 127 Å². The van der Waals surface area contributed by atoms with Crippen LogP contribution in [0, 0.1) is 12.7 Å². The summed E-state index contributed by atoms with van der Waals surface area (Å²) in [6.07, 6.45) is 4.55. The summed E-state index contributed by atoms with van der Waals surface area (Å²) in [7, 11) is 0. The zero-order valence-corrected chi connectivity index (χ0v) is 23.3. The first-order chi connectivity index (χ1) is 20.3. The van der Waals surface area contributed by atoms with Crippen LogP contribution in [0.15, 0.2) is 42.0 Å². The van der Waals surface area contributed by atoms with Crippen molar-refractivity contribution in [3.8, 4) is 28.4 Å². The number of halogens is 2. The van der Waals surface area contributed by atoms with Crippen LogP contribution >= 0.6 is 11.6 Å². The number of pyridine rings is 1. The first-order valence-electron chi connectivity index (χ1n) is 13.5. The molecular formula is C29H25ClFN7O4. The van der Waals surface area contributed by atoms with Crippen LogP contribution in [-0.4, -0.2) is 72.7 Å². The summed E-state index contributed by atoms with van der Waals surface area (Å²) in [5.41, 5.74) is 0.860. The van der Waals surface area contributed by atoms with Crippen LogP contribution < -0.4 is 15.3 Å². The second kappa shape index (κ2) is 9.76. The molecule has 5 heterocycles. The fourth-order valence-electron chi connectivity index (χ4n) is 5.84. The number of piperazine rings is 1. The van der Waals surface area contributed by atoms with Crippen LogP contribution in [0.25, 0.3) is 28.0 Å². The number of phenolic OH excluding ortho intramolecular Hbond substituents is 1. The Labute approximate surface area is 243 Å². The Kier molecular flexibility index (Phi) is 6.12. The number of hydrogen-bond donors (Lipinski definition) is 1. The quantitative estimate of drug-likeness (QED) is 0.356. The van der Waals surface area contributed by atoms with E-state index in [2.05, 4.69) is 21.5 Å². The number of carbonyl (C=O) groups excluding carboxylic acids is 1. The standard InChI is InChI=1S/C29H25ClFN7O4/c1-3-19(40)36-9-10-37-16(11-36)12-42-26-21-27(37)35-29(41)38(25-14(2)32-13-33-23(25)15-7-8-15)28(21)34-24(22(26)30)20-17(31)5-4-6-18(20)39/h3-6,13,15-16,39H,1,7-12H2,2H3/t16-/m1/s1. The van der Waals surface area contributed by atoms with Gasteiger partial charge in [-0.3, -0.25) is 4.79 Å². The van der Waals surface area contributed by atoms with E-state index >= 15 is 4.39 Å². The van der Waals surface area contributed by atoms with Gasteiger partial charge in [-0.15, -0.1) is 0 Å². The van der Waals surface area contributed by atoms with Crippen LogP contribution in [0.5, 0.6) is 11.5 Å². The molecule has 2 aliphatic heterocycles. The molecule has 13 heteroatoms. The smallest absolute Gasteiger partial charge is 0.355 e. The maximum absolute atomic E-state index is 15.2. The highest BCUT2D eigenvalue weighted by Crippen LogP contribution is 2.48. The summed E-state index contributed by atoms with van der Waals surface area (Å²) in [6.45, 7) is 6.50. The highest BCUT2D eigenvalue weighted by molar-refractivity contribution is 6.36. The second-order valence-corrected chi connectivity index (χ2v) is 11.0. The van der Waals surface area contributed by atoms with Gasteiger partial charge < -0.3 is 19.6 Å². The van der Waals surface area contributed by atoms with E-state index in [9.17, 15) is 14.7 Å². The van der Waals surface area contributed by atoms with Gasteiger partial charge in [-0.05, 0) is 38.0 Å². The summed E-state index contributed by atoms with van der Waals surface area (Å²) in [6, 6.07) is 3.52. The molecule has 0 spiro atoms. The van der Waals surface area contributed by atoms with E-state index in [0.29, 0.717) is 47.9 Å². The lowest BCUT2D eigenvalue weighted by Gasteiger charge is -2.40. The van der Waals surface area contributed by atoms with Crippen molar-refractivity contribution in [3.63, 3.8) is 0 Å². The Hall–Kier alpha value is -4.58. The molecule has 1 N–H and O–H groups in total. The summed E-state index contributed by atoms with van der Waals surface area (Å²) < 4.78 is 22.9. The van der Waals surface area contributed by atoms with Gasteiger partial charge in [-0.25, -0.2) is 28.7 Å². The van der Waals surface area contributed by atoms with Crippen molar-refractivity contribution in [2.45, 2.75) is 31.7 Å². The molecule has 1 aromatic carbocycles. The molecule has 11 nitrogen and oxygen atoms in total. The molecule has 42 heavy (non-hydrogen) atoms. The van der Waals surface area contributed by atoms with Gasteiger partial charge in [0.05, 0.1) is 28.7 Å². The van der Waals surface area contributed by atoms with Gasteiger partial charge >= 0.3 is 5.69 Å². The summed E-state index contributed by atoms with van der Waals surface area (Å²) >= 11 is 6.90. The zero-order chi connectivity index (χ0) is 29.3. The number of ether oxygens (including phenoxy) is 1. The molecule has 1 aliphatic carbocycles. The Morgan fingerprint density at radius 1 is 1.24 bits per heavy atom. The summed E-state index contributed by atoms with van der Waals surface area (Å²) in [4.78, 5) is 48.2. The normalized spacial score (nSPS) is 17.9. The highest BCUT2D eigenvalue weighted by atomic mass is 35.5. The number of anilines is 1. The minimum absolute atomic E-state index is 0.0431. The van der Waals surface area contributed by atoms with E-state index in [-0.39, 0.29) is 57.9 Å². The van der Waals surface area contributed by atoms with E-state index < -0.39 is 11.5 Å². The van der Waals surface area contributed by atoms with E-state index in [1.807, 2.05) is 4.90 Å². The van der Waals surface area contributed by atoms with Crippen LogP contribution in [0.3, 0.4) is 0 Å². The van der Waals surface area contributed by atoms with Crippen LogP contribution in [0.1, 0.15) is 30.1 Å². The molecule has 2 fully saturated rings. The third-order valence-electron chi connectivity index (χ3n) is 8.01. The average Bonchev–Trinajstić information content (AvgIpc) is 3.83. The largest absolute Gasteiger partial charge is 0.507 e. The monoisotopic (exact) mass is 589 g/mol. The van der Waals surface area contributed by atoms with Crippen molar-refractivity contribution < 1.29 is 19.0 Å². The lowest BCUT2D eigenvalue weighted by atomic mass is 10.1. The Bertz CT molecular complexity index is 1860. The molecule has 3 aliphatic rings. The maximum atomic E-state index is 15.2. The van der Waals surface area contributed by atoms with Crippen molar-refractivity contribution in [2.24, 2.45) is 0 Å². The maximum Gasteiger partial charge on any atom is 0.355 e. The van der Waals surface area contributed by atoms with Gasteiger partial charge in [0.15, 0.2) is 11.4 Å². The number of benzene rings is 1. The van der Waals surface area contributed by atoms with Gasteiger partial charge in [0.1, 0.15) is 46.4 Å². The highest BCUT2D eigenvalue weighted by Gasteiger charge is 2.38. The number of hydrogen-bond acceptors (Lipinski definition) is 9. The number of aryl methyl sites for hydroxylation is 1. The first kappa shape index (κ1) is 26.3. The van der Waals surface area contributed by atoms with Crippen LogP contribution in [-0.2, 0) is 4.79 Å². The summed E-state index contributed by atoms with van der Waals surface area (Å²) in [5, 5.41) is 11.0. The number of nitrogens with zero attached hydrogens (tertiary/aromatic N) is 7. The predicted octanol–water partition coefficient (Wildman–Crippen LogP) is 3.52. The Morgan fingerprint density at radius 3 is 2.79 bits per heavy atom. The Morgan fingerprint density at radius 2 is 2.05 bits per heavy atom. The number of carbonyl (C=O) groups is 1. The number of rotatable bonds is 4. The van der Waals surface area contributed by atoms with Gasteiger partial charge in [0.25, 0.3) is 0 Å². The second-order valence-electron chi connectivity index (χ2n) is 10.6. The molecule has 4 aromatic rings. The van der Waals surface area contributed by atoms with Crippen molar-refractivity contribution in [1.82, 2.24) is 29.4 Å². The van der Waals surface area contributed by atoms with E-state index in [4.69, 9.17) is 21.3 Å². The molecule has 7 rings (SSSR count). The molecule has 214 valence electrons. The molecule has 3 aromatic heterocycles. The zero-order valence-electron chi connectivity index (χ0n) is 22.5. The molecule has 0 bridgehead atoms. The number of aromatic nitrogens is 5. The van der Waals surface area contributed by atoms with E-state index in [1.54, 1.807) is 11.8 Å². The molecular weight excluding hydrogens is 565 g/mol. The SMILES string of the molecule is C=CC(=O)N1CCN2c3nc(=O)n(-c4c(C)ncnc4C4CC4)c4nc(-c5c(O)cccc5F)c(Cl)c(c34)OC[C@H]2C1. The number of aromatic hydroxyl groups is 1. The van der Waals surface area contributed by atoms with Gasteiger partial charge in [0.2, 0.25) is 5.91 Å². The van der Waals surface area contributed by atoms with Gasteiger partial charge in [-0.2, -0.15) is 4.98 Å². The lowest BCUT2D eigenvalue weighted by Crippen LogP contribution is -2.56. The van der Waals surface area contributed by atoms with Crippen molar-refractivity contribution in [3.05, 3.63) is 69.9 Å². The van der Waals surface area contributed by atoms with Crippen LogP contribution in [0.2, 0.25) is 5.02 Å². The molecule has 0 radical (unpaired) electrons. The average molecular weight is 590 g/mol. The van der Waals surface area contributed by atoms with E-state index in [1.165, 1.54) is 35.2 Å².